The van der Waals surface area contributed by atoms with E-state index < -0.39 is 9.84 Å². The second-order valence-electron chi connectivity index (χ2n) is 4.32. The molecule has 0 heterocycles. The summed E-state index contributed by atoms with van der Waals surface area (Å²) in [5.74, 6) is 0.818. The molecule has 0 saturated heterocycles. The summed E-state index contributed by atoms with van der Waals surface area (Å²) < 4.78 is 28.5. The van der Waals surface area contributed by atoms with Crippen LogP contribution in [0.3, 0.4) is 0 Å². The molecule has 4 nitrogen and oxygen atoms in total. The smallest absolute Gasteiger partial charge is 0.149 e. The van der Waals surface area contributed by atoms with Crippen molar-refractivity contribution in [2.45, 2.75) is 19.4 Å². The van der Waals surface area contributed by atoms with Gasteiger partial charge in [-0.2, -0.15) is 0 Å². The van der Waals surface area contributed by atoms with Crippen molar-refractivity contribution < 1.29 is 13.2 Å². The number of ether oxygens (including phenoxy) is 1. The first-order valence-electron chi connectivity index (χ1n) is 6.04. The Morgan fingerprint density at radius 3 is 2.56 bits per heavy atom. The molecule has 0 amide bonds. The van der Waals surface area contributed by atoms with Crippen LogP contribution >= 0.6 is 0 Å². The van der Waals surface area contributed by atoms with E-state index in [0.29, 0.717) is 6.61 Å². The summed E-state index contributed by atoms with van der Waals surface area (Å²) in [7, 11) is -1.28. The monoisotopic (exact) mass is 271 g/mol. The van der Waals surface area contributed by atoms with Crippen LogP contribution in [0.2, 0.25) is 0 Å². The van der Waals surface area contributed by atoms with E-state index in [2.05, 4.69) is 5.32 Å². The highest BCUT2D eigenvalue weighted by atomic mass is 32.2. The van der Waals surface area contributed by atoms with Crippen molar-refractivity contribution in [1.29, 1.82) is 0 Å². The van der Waals surface area contributed by atoms with Gasteiger partial charge in [-0.3, -0.25) is 0 Å². The molecular formula is C13H21NO3S. The van der Waals surface area contributed by atoms with Gasteiger partial charge >= 0.3 is 0 Å². The van der Waals surface area contributed by atoms with Gasteiger partial charge in [-0.05, 0) is 19.5 Å². The molecule has 1 N–H and O–H groups in total. The number of nitrogens with one attached hydrogen (secondary N) is 1. The molecule has 1 aromatic carbocycles. The first-order valence-corrected chi connectivity index (χ1v) is 8.10. The maximum atomic E-state index is 11.4. The topological polar surface area (TPSA) is 55.4 Å². The Bertz CT molecular complexity index is 471. The molecule has 0 saturated carbocycles. The highest BCUT2D eigenvalue weighted by Crippen LogP contribution is 2.26. The van der Waals surface area contributed by atoms with Crippen LogP contribution in [0.1, 0.15) is 24.9 Å². The van der Waals surface area contributed by atoms with Gasteiger partial charge in [-0.1, -0.05) is 25.1 Å². The molecule has 0 fully saturated rings. The van der Waals surface area contributed by atoms with E-state index in [0.717, 1.165) is 17.7 Å². The minimum Gasteiger partial charge on any atom is -0.493 e. The lowest BCUT2D eigenvalue weighted by Gasteiger charge is -2.19. The van der Waals surface area contributed by atoms with Crippen LogP contribution in [0.15, 0.2) is 24.3 Å². The lowest BCUT2D eigenvalue weighted by molar-refractivity contribution is 0.311. The molecule has 5 heteroatoms. The third kappa shape index (κ3) is 4.66. The van der Waals surface area contributed by atoms with E-state index in [1.807, 2.05) is 31.2 Å². The summed E-state index contributed by atoms with van der Waals surface area (Å²) in [4.78, 5) is 0. The number of benzene rings is 1. The fraction of sp³-hybridized carbons (Fsp3) is 0.538. The van der Waals surface area contributed by atoms with Crippen LogP contribution in [0.25, 0.3) is 0 Å². The van der Waals surface area contributed by atoms with Crippen molar-refractivity contribution in [3.63, 3.8) is 0 Å². The van der Waals surface area contributed by atoms with Gasteiger partial charge < -0.3 is 10.1 Å². The van der Waals surface area contributed by atoms with E-state index >= 15 is 0 Å². The molecule has 0 spiro atoms. The molecule has 0 aliphatic rings. The Morgan fingerprint density at radius 1 is 1.33 bits per heavy atom. The van der Waals surface area contributed by atoms with Crippen LogP contribution < -0.4 is 10.1 Å². The van der Waals surface area contributed by atoms with Gasteiger partial charge in [0.05, 0.1) is 12.4 Å². The summed E-state index contributed by atoms with van der Waals surface area (Å²) in [5.41, 5.74) is 0.888. The maximum absolute atomic E-state index is 11.4. The van der Waals surface area contributed by atoms with Gasteiger partial charge in [0.15, 0.2) is 0 Å². The van der Waals surface area contributed by atoms with Crippen molar-refractivity contribution in [3.05, 3.63) is 29.8 Å². The fourth-order valence-corrected chi connectivity index (χ4v) is 2.69. The minimum atomic E-state index is -3.04. The molecule has 1 aromatic rings. The molecule has 0 radical (unpaired) electrons. The number of hydrogen-bond donors (Lipinski definition) is 1. The second-order valence-corrected chi connectivity index (χ2v) is 6.50. The van der Waals surface area contributed by atoms with E-state index in [1.165, 1.54) is 6.26 Å². The Kier molecular flexibility index (Phi) is 5.62. The molecule has 1 unspecified atom stereocenters. The summed E-state index contributed by atoms with van der Waals surface area (Å²) in [6.07, 6.45) is 2.16. The fourth-order valence-electron chi connectivity index (χ4n) is 1.74. The predicted molar refractivity (Wildman–Crippen MR) is 73.7 cm³/mol. The summed E-state index contributed by atoms with van der Waals surface area (Å²) in [5, 5.41) is 3.03. The van der Waals surface area contributed by atoms with Crippen LogP contribution in [0, 0.1) is 0 Å². The third-order valence-corrected chi connectivity index (χ3v) is 3.51. The third-order valence-electron chi connectivity index (χ3n) is 2.57. The van der Waals surface area contributed by atoms with Crippen LogP contribution in [0.5, 0.6) is 5.75 Å². The largest absolute Gasteiger partial charge is 0.493 e. The first kappa shape index (κ1) is 15.0. The molecule has 102 valence electrons. The molecular weight excluding hydrogens is 250 g/mol. The van der Waals surface area contributed by atoms with Crippen molar-refractivity contribution in [3.8, 4) is 5.75 Å². The summed E-state index contributed by atoms with van der Waals surface area (Å²) >= 11 is 0. The minimum absolute atomic E-state index is 0.0655. The second kappa shape index (κ2) is 6.75. The molecule has 1 atom stereocenters. The van der Waals surface area contributed by atoms with Crippen molar-refractivity contribution in [2.75, 3.05) is 25.7 Å². The van der Waals surface area contributed by atoms with E-state index in [9.17, 15) is 8.42 Å². The molecule has 0 bridgehead atoms. The normalized spacial score (nSPS) is 13.3. The summed E-state index contributed by atoms with van der Waals surface area (Å²) in [6.45, 7) is 2.67. The average Bonchev–Trinajstić information content (AvgIpc) is 2.33. The quantitative estimate of drug-likeness (QED) is 0.821. The number of rotatable bonds is 7. The predicted octanol–water partition coefficient (Wildman–Crippen LogP) is 1.78. The standard InChI is InChI=1S/C13H21NO3S/c1-4-9-17-13-8-6-5-7-11(13)12(14-2)10-18(3,15)16/h5-8,12,14H,4,9-10H2,1-3H3. The Morgan fingerprint density at radius 2 is 2.00 bits per heavy atom. The van der Waals surface area contributed by atoms with Gasteiger partial charge in [-0.25, -0.2) is 8.42 Å². The molecule has 0 aliphatic heterocycles. The first-order chi connectivity index (χ1) is 8.48. The highest BCUT2D eigenvalue weighted by molar-refractivity contribution is 7.90. The van der Waals surface area contributed by atoms with Crippen LogP contribution in [-0.2, 0) is 9.84 Å². The summed E-state index contributed by atoms with van der Waals surface area (Å²) in [6, 6.07) is 7.31. The number of hydrogen-bond acceptors (Lipinski definition) is 4. The van der Waals surface area contributed by atoms with Gasteiger partial charge in [0.25, 0.3) is 0 Å². The lowest BCUT2D eigenvalue weighted by atomic mass is 10.1. The highest BCUT2D eigenvalue weighted by Gasteiger charge is 2.18. The zero-order chi connectivity index (χ0) is 13.6. The Hall–Kier alpha value is -1.07. The van der Waals surface area contributed by atoms with Gasteiger partial charge in [0.2, 0.25) is 0 Å². The van der Waals surface area contributed by atoms with Gasteiger partial charge in [0.1, 0.15) is 15.6 Å². The van der Waals surface area contributed by atoms with Gasteiger partial charge in [0, 0.05) is 17.9 Å². The van der Waals surface area contributed by atoms with Crippen molar-refractivity contribution in [2.24, 2.45) is 0 Å². The SMILES string of the molecule is CCCOc1ccccc1C(CS(C)(=O)=O)NC. The maximum Gasteiger partial charge on any atom is 0.149 e. The zero-order valence-corrected chi connectivity index (χ0v) is 12.0. The van der Waals surface area contributed by atoms with Crippen LogP contribution in [0.4, 0.5) is 0 Å². The molecule has 18 heavy (non-hydrogen) atoms. The van der Waals surface area contributed by atoms with Gasteiger partial charge in [-0.15, -0.1) is 0 Å². The van der Waals surface area contributed by atoms with Crippen molar-refractivity contribution in [1.82, 2.24) is 5.32 Å². The van der Waals surface area contributed by atoms with E-state index in [-0.39, 0.29) is 11.8 Å². The molecule has 1 rings (SSSR count). The Labute approximate surface area is 109 Å². The zero-order valence-electron chi connectivity index (χ0n) is 11.1. The van der Waals surface area contributed by atoms with Crippen LogP contribution in [-0.4, -0.2) is 34.1 Å². The van der Waals surface area contributed by atoms with E-state index in [4.69, 9.17) is 4.74 Å². The van der Waals surface area contributed by atoms with E-state index in [1.54, 1.807) is 7.05 Å². The lowest BCUT2D eigenvalue weighted by Crippen LogP contribution is -2.25. The molecule has 0 aliphatic carbocycles. The number of para-hydroxylation sites is 1. The van der Waals surface area contributed by atoms with Crippen molar-refractivity contribution >= 4 is 9.84 Å². The molecule has 0 aromatic heterocycles. The number of sulfone groups is 1. The average molecular weight is 271 g/mol. The Balaban J connectivity index is 2.97.